The zero-order chi connectivity index (χ0) is 19.2. The van der Waals surface area contributed by atoms with Gasteiger partial charge in [0.15, 0.2) is 5.16 Å². The second-order valence-electron chi connectivity index (χ2n) is 6.96. The molecule has 7 heteroatoms. The molecular formula is C21H24N4O2S. The van der Waals surface area contributed by atoms with Crippen LogP contribution in [0.5, 0.6) is 0 Å². The van der Waals surface area contributed by atoms with E-state index in [2.05, 4.69) is 26.9 Å². The number of benzene rings is 1. The molecule has 28 heavy (non-hydrogen) atoms. The van der Waals surface area contributed by atoms with Gasteiger partial charge < -0.3 is 9.32 Å². The van der Waals surface area contributed by atoms with Crippen molar-refractivity contribution in [1.29, 1.82) is 0 Å². The summed E-state index contributed by atoms with van der Waals surface area (Å²) >= 11 is 1.46. The molecule has 1 fully saturated rings. The Morgan fingerprint density at radius 1 is 1.04 bits per heavy atom. The molecule has 0 spiro atoms. The lowest BCUT2D eigenvalue weighted by molar-refractivity contribution is -0.129. The molecule has 0 unspecified atom stereocenters. The number of nitrogens with zero attached hydrogens (tertiary/aromatic N) is 4. The van der Waals surface area contributed by atoms with Crippen LogP contribution in [0.3, 0.4) is 0 Å². The number of furan rings is 1. The maximum absolute atomic E-state index is 12.5. The van der Waals surface area contributed by atoms with Crippen molar-refractivity contribution in [2.75, 3.05) is 18.8 Å². The van der Waals surface area contributed by atoms with E-state index in [1.165, 1.54) is 23.7 Å². The molecule has 2 aromatic heterocycles. The summed E-state index contributed by atoms with van der Waals surface area (Å²) in [7, 11) is 0. The number of aromatic nitrogens is 3. The van der Waals surface area contributed by atoms with Crippen molar-refractivity contribution in [3.8, 4) is 0 Å². The number of likely N-dealkylation sites (tertiary alicyclic amines) is 1. The second-order valence-corrected chi connectivity index (χ2v) is 7.90. The third kappa shape index (κ3) is 4.65. The van der Waals surface area contributed by atoms with Gasteiger partial charge in [0, 0.05) is 19.5 Å². The highest BCUT2D eigenvalue weighted by molar-refractivity contribution is 7.99. The summed E-state index contributed by atoms with van der Waals surface area (Å²) in [5.41, 5.74) is 1.18. The number of carbonyl (C=O) groups excluding carboxylic acids is 1. The topological polar surface area (TPSA) is 64.2 Å². The fourth-order valence-electron chi connectivity index (χ4n) is 3.41. The van der Waals surface area contributed by atoms with Gasteiger partial charge in [0.25, 0.3) is 0 Å². The number of amides is 1. The molecule has 0 saturated carbocycles. The first-order chi connectivity index (χ1) is 13.8. The second kappa shape index (κ2) is 9.10. The monoisotopic (exact) mass is 396 g/mol. The van der Waals surface area contributed by atoms with Crippen LogP contribution in [0, 0.1) is 0 Å². The highest BCUT2D eigenvalue weighted by Gasteiger charge is 2.20. The van der Waals surface area contributed by atoms with E-state index >= 15 is 0 Å². The van der Waals surface area contributed by atoms with Crippen molar-refractivity contribution < 1.29 is 9.21 Å². The highest BCUT2D eigenvalue weighted by Crippen LogP contribution is 2.22. The molecule has 1 amide bonds. The predicted octanol–water partition coefficient (Wildman–Crippen LogP) is 3.61. The Morgan fingerprint density at radius 3 is 2.61 bits per heavy atom. The van der Waals surface area contributed by atoms with Gasteiger partial charge in [-0.3, -0.25) is 9.36 Å². The Kier molecular flexibility index (Phi) is 6.11. The number of carbonyl (C=O) groups is 1. The van der Waals surface area contributed by atoms with E-state index in [0.29, 0.717) is 18.7 Å². The first-order valence-corrected chi connectivity index (χ1v) is 10.7. The number of piperidine rings is 1. The van der Waals surface area contributed by atoms with Gasteiger partial charge >= 0.3 is 0 Å². The summed E-state index contributed by atoms with van der Waals surface area (Å²) in [5, 5.41) is 9.54. The Labute approximate surface area is 168 Å². The number of rotatable bonds is 7. The fourth-order valence-corrected chi connectivity index (χ4v) is 4.27. The maximum Gasteiger partial charge on any atom is 0.233 e. The average molecular weight is 397 g/mol. The summed E-state index contributed by atoms with van der Waals surface area (Å²) in [5.74, 6) is 2.29. The molecule has 3 aromatic rings. The van der Waals surface area contributed by atoms with Gasteiger partial charge in [-0.2, -0.15) is 0 Å². The molecule has 1 aromatic carbocycles. The Balaban J connectivity index is 1.49. The molecule has 4 rings (SSSR count). The SMILES string of the molecule is O=C(CSc1nnc(Cc2ccccc2)n1Cc1ccco1)N1CCCCC1. The van der Waals surface area contributed by atoms with Crippen LogP contribution in [0.2, 0.25) is 0 Å². The normalized spacial score (nSPS) is 14.4. The molecule has 1 saturated heterocycles. The largest absolute Gasteiger partial charge is 0.467 e. The Morgan fingerprint density at radius 2 is 1.86 bits per heavy atom. The molecule has 0 bridgehead atoms. The van der Waals surface area contributed by atoms with E-state index in [4.69, 9.17) is 4.42 Å². The fraction of sp³-hybridized carbons (Fsp3) is 0.381. The summed E-state index contributed by atoms with van der Waals surface area (Å²) in [6.45, 7) is 2.30. The molecule has 0 atom stereocenters. The van der Waals surface area contributed by atoms with Crippen molar-refractivity contribution >= 4 is 17.7 Å². The first kappa shape index (κ1) is 18.8. The van der Waals surface area contributed by atoms with Crippen LogP contribution in [0.25, 0.3) is 0 Å². The standard InChI is InChI=1S/C21H24N4O2S/c26-20(24-11-5-2-6-12-24)16-28-21-23-22-19(14-17-8-3-1-4-9-17)25(21)15-18-10-7-13-27-18/h1,3-4,7-10,13H,2,5-6,11-12,14-16H2. The zero-order valence-corrected chi connectivity index (χ0v) is 16.6. The number of thioether (sulfide) groups is 1. The van der Waals surface area contributed by atoms with Gasteiger partial charge in [-0.1, -0.05) is 42.1 Å². The molecular weight excluding hydrogens is 372 g/mol. The molecule has 3 heterocycles. The van der Waals surface area contributed by atoms with Crippen LogP contribution >= 0.6 is 11.8 Å². The average Bonchev–Trinajstić information content (AvgIpc) is 3.39. The van der Waals surface area contributed by atoms with Crippen LogP contribution in [-0.2, 0) is 17.8 Å². The van der Waals surface area contributed by atoms with Gasteiger partial charge in [0.2, 0.25) is 5.91 Å². The minimum absolute atomic E-state index is 0.182. The maximum atomic E-state index is 12.5. The summed E-state index contributed by atoms with van der Waals surface area (Å²) < 4.78 is 7.58. The summed E-state index contributed by atoms with van der Waals surface area (Å²) in [4.78, 5) is 14.5. The molecule has 0 aliphatic carbocycles. The van der Waals surface area contributed by atoms with E-state index < -0.39 is 0 Å². The first-order valence-electron chi connectivity index (χ1n) is 9.68. The van der Waals surface area contributed by atoms with Gasteiger partial charge in [0.1, 0.15) is 11.6 Å². The molecule has 0 N–H and O–H groups in total. The van der Waals surface area contributed by atoms with Crippen LogP contribution < -0.4 is 0 Å². The molecule has 0 radical (unpaired) electrons. The van der Waals surface area contributed by atoms with E-state index in [1.54, 1.807) is 6.26 Å². The van der Waals surface area contributed by atoms with E-state index in [0.717, 1.165) is 42.7 Å². The summed E-state index contributed by atoms with van der Waals surface area (Å²) in [6.07, 6.45) is 5.79. The quantitative estimate of drug-likeness (QED) is 0.571. The minimum Gasteiger partial charge on any atom is -0.467 e. The van der Waals surface area contributed by atoms with Crippen LogP contribution in [-0.4, -0.2) is 44.4 Å². The predicted molar refractivity (Wildman–Crippen MR) is 108 cm³/mol. The smallest absolute Gasteiger partial charge is 0.233 e. The van der Waals surface area contributed by atoms with E-state index in [-0.39, 0.29) is 5.91 Å². The Hall–Kier alpha value is -2.54. The van der Waals surface area contributed by atoms with Gasteiger partial charge in [-0.15, -0.1) is 10.2 Å². The Bertz CT molecular complexity index is 887. The highest BCUT2D eigenvalue weighted by atomic mass is 32.2. The van der Waals surface area contributed by atoms with Crippen LogP contribution in [0.1, 0.15) is 36.4 Å². The molecule has 6 nitrogen and oxygen atoms in total. The molecule has 1 aliphatic heterocycles. The van der Waals surface area contributed by atoms with E-state index in [9.17, 15) is 4.79 Å². The number of hydrogen-bond acceptors (Lipinski definition) is 5. The third-order valence-corrected chi connectivity index (χ3v) is 5.88. The minimum atomic E-state index is 0.182. The zero-order valence-electron chi connectivity index (χ0n) is 15.8. The van der Waals surface area contributed by atoms with Crippen molar-refractivity contribution in [3.05, 3.63) is 65.9 Å². The van der Waals surface area contributed by atoms with Crippen molar-refractivity contribution in [1.82, 2.24) is 19.7 Å². The van der Waals surface area contributed by atoms with Crippen molar-refractivity contribution in [2.45, 2.75) is 37.4 Å². The van der Waals surface area contributed by atoms with Gasteiger partial charge in [0.05, 0.1) is 18.6 Å². The van der Waals surface area contributed by atoms with Crippen molar-refractivity contribution in [3.63, 3.8) is 0 Å². The molecule has 146 valence electrons. The van der Waals surface area contributed by atoms with Crippen LogP contribution in [0.4, 0.5) is 0 Å². The number of hydrogen-bond donors (Lipinski definition) is 0. The lowest BCUT2D eigenvalue weighted by Gasteiger charge is -2.26. The lowest BCUT2D eigenvalue weighted by Crippen LogP contribution is -2.36. The van der Waals surface area contributed by atoms with Gasteiger partial charge in [-0.25, -0.2) is 0 Å². The summed E-state index contributed by atoms with van der Waals surface area (Å²) in [6, 6.07) is 14.0. The van der Waals surface area contributed by atoms with Crippen LogP contribution in [0.15, 0.2) is 58.3 Å². The van der Waals surface area contributed by atoms with Crippen molar-refractivity contribution in [2.24, 2.45) is 0 Å². The molecule has 1 aliphatic rings. The lowest BCUT2D eigenvalue weighted by atomic mass is 10.1. The van der Waals surface area contributed by atoms with Gasteiger partial charge in [-0.05, 0) is 37.0 Å². The van der Waals surface area contributed by atoms with E-state index in [1.807, 2.05) is 35.2 Å². The third-order valence-electron chi connectivity index (χ3n) is 4.93.